The molecule has 0 aliphatic rings. The summed E-state index contributed by atoms with van der Waals surface area (Å²) in [5, 5.41) is 0. The third-order valence-corrected chi connectivity index (χ3v) is 3.63. The van der Waals surface area contributed by atoms with E-state index >= 15 is 0 Å². The molecule has 1 rings (SSSR count). The molecule has 17 heavy (non-hydrogen) atoms. The molecule has 0 saturated carbocycles. The van der Waals surface area contributed by atoms with Crippen LogP contribution in [0.4, 0.5) is 0 Å². The summed E-state index contributed by atoms with van der Waals surface area (Å²) in [5.74, 6) is 1.29. The molecule has 94 valence electrons. The maximum Gasteiger partial charge on any atom is 0.150 e. The fraction of sp³-hybridized carbons (Fsp3) is 0.462. The summed E-state index contributed by atoms with van der Waals surface area (Å²) in [4.78, 5) is 10.7. The van der Waals surface area contributed by atoms with Gasteiger partial charge in [-0.25, -0.2) is 0 Å². The van der Waals surface area contributed by atoms with Crippen LogP contribution in [0.1, 0.15) is 37.0 Å². The van der Waals surface area contributed by atoms with Crippen LogP contribution in [0.5, 0.6) is 5.75 Å². The van der Waals surface area contributed by atoms with Crippen molar-refractivity contribution in [3.8, 4) is 5.75 Å². The highest BCUT2D eigenvalue weighted by Gasteiger charge is 2.10. The molecule has 2 nitrogen and oxygen atoms in total. The van der Waals surface area contributed by atoms with Crippen molar-refractivity contribution in [3.05, 3.63) is 26.6 Å². The molecule has 0 amide bonds. The summed E-state index contributed by atoms with van der Waals surface area (Å²) in [6.07, 6.45) is 3.14. The van der Waals surface area contributed by atoms with Crippen LogP contribution in [0.15, 0.2) is 21.1 Å². The number of ether oxygens (including phenoxy) is 1. The van der Waals surface area contributed by atoms with E-state index in [2.05, 4.69) is 45.7 Å². The lowest BCUT2D eigenvalue weighted by Gasteiger charge is -2.14. The van der Waals surface area contributed by atoms with E-state index in [1.54, 1.807) is 12.1 Å². The van der Waals surface area contributed by atoms with E-state index < -0.39 is 0 Å². The lowest BCUT2D eigenvalue weighted by molar-refractivity contribution is 0.112. The molecule has 0 N–H and O–H groups in total. The monoisotopic (exact) mass is 362 g/mol. The van der Waals surface area contributed by atoms with E-state index in [9.17, 15) is 4.79 Å². The Morgan fingerprint density at radius 2 is 1.94 bits per heavy atom. The molecule has 1 aromatic carbocycles. The van der Waals surface area contributed by atoms with Gasteiger partial charge in [0.25, 0.3) is 0 Å². The first-order valence-electron chi connectivity index (χ1n) is 5.65. The molecule has 0 bridgehead atoms. The summed E-state index contributed by atoms with van der Waals surface area (Å²) < 4.78 is 7.38. The zero-order chi connectivity index (χ0) is 12.8. The average molecular weight is 364 g/mol. The summed E-state index contributed by atoms with van der Waals surface area (Å²) in [6.45, 7) is 5.03. The zero-order valence-corrected chi connectivity index (χ0v) is 13.2. The van der Waals surface area contributed by atoms with Gasteiger partial charge >= 0.3 is 0 Å². The van der Waals surface area contributed by atoms with Crippen LogP contribution >= 0.6 is 31.9 Å². The third-order valence-electron chi connectivity index (χ3n) is 2.45. The molecule has 0 radical (unpaired) electrons. The quantitative estimate of drug-likeness (QED) is 0.676. The fourth-order valence-electron chi connectivity index (χ4n) is 1.59. The van der Waals surface area contributed by atoms with Gasteiger partial charge in [0.2, 0.25) is 0 Å². The number of hydrogen-bond donors (Lipinski definition) is 0. The lowest BCUT2D eigenvalue weighted by atomic mass is 10.1. The summed E-state index contributed by atoms with van der Waals surface area (Å²) in [7, 11) is 0. The molecule has 0 aliphatic heterocycles. The van der Waals surface area contributed by atoms with Gasteiger partial charge in [-0.15, -0.1) is 0 Å². The zero-order valence-electron chi connectivity index (χ0n) is 10.0. The highest BCUT2D eigenvalue weighted by Crippen LogP contribution is 2.34. The molecule has 0 spiro atoms. The Balaban J connectivity index is 2.74. The van der Waals surface area contributed by atoms with Crippen molar-refractivity contribution < 1.29 is 9.53 Å². The maximum absolute atomic E-state index is 10.7. The Morgan fingerprint density at radius 3 is 2.41 bits per heavy atom. The first-order chi connectivity index (χ1) is 8.08. The van der Waals surface area contributed by atoms with Gasteiger partial charge in [0.05, 0.1) is 15.6 Å². The summed E-state index contributed by atoms with van der Waals surface area (Å²) in [5.41, 5.74) is 0.623. The van der Waals surface area contributed by atoms with Crippen LogP contribution in [0.3, 0.4) is 0 Å². The predicted octanol–water partition coefficient (Wildman–Crippen LogP) is 4.84. The van der Waals surface area contributed by atoms with E-state index in [-0.39, 0.29) is 0 Å². The number of carbonyl (C=O) groups excluding carboxylic acids is 1. The van der Waals surface area contributed by atoms with Gasteiger partial charge in [-0.2, -0.15) is 0 Å². The van der Waals surface area contributed by atoms with Crippen LogP contribution < -0.4 is 4.74 Å². The van der Waals surface area contributed by atoms with Crippen molar-refractivity contribution in [3.63, 3.8) is 0 Å². The van der Waals surface area contributed by atoms with Crippen molar-refractivity contribution in [2.75, 3.05) is 6.61 Å². The molecule has 0 saturated heterocycles. The molecule has 1 atom stereocenters. The molecule has 0 aliphatic carbocycles. The van der Waals surface area contributed by atoms with Gasteiger partial charge in [-0.3, -0.25) is 4.79 Å². The minimum Gasteiger partial charge on any atom is -0.491 e. The van der Waals surface area contributed by atoms with E-state index in [4.69, 9.17) is 4.74 Å². The molecule has 0 heterocycles. The standard InChI is InChI=1S/C13H16Br2O2/c1-3-4-9(2)8-17-13-11(14)5-10(7-16)6-12(13)15/h5-7,9H,3-4,8H2,1-2H3. The number of carbonyl (C=O) groups is 1. The minimum atomic E-state index is 0.532. The molecule has 1 unspecified atom stereocenters. The largest absolute Gasteiger partial charge is 0.491 e. The SMILES string of the molecule is CCCC(C)COc1c(Br)cc(C=O)cc1Br. The second-order valence-corrected chi connectivity index (χ2v) is 5.85. The van der Waals surface area contributed by atoms with Gasteiger partial charge < -0.3 is 4.74 Å². The van der Waals surface area contributed by atoms with Crippen molar-refractivity contribution in [2.45, 2.75) is 26.7 Å². The minimum absolute atomic E-state index is 0.532. The van der Waals surface area contributed by atoms with Gasteiger partial charge in [-0.05, 0) is 56.3 Å². The first kappa shape index (κ1) is 14.7. The van der Waals surface area contributed by atoms with Crippen LogP contribution in [-0.2, 0) is 0 Å². The van der Waals surface area contributed by atoms with E-state index in [0.29, 0.717) is 18.1 Å². The molecular formula is C13H16Br2O2. The molecule has 1 aromatic rings. The summed E-state index contributed by atoms with van der Waals surface area (Å²) in [6, 6.07) is 3.52. The van der Waals surface area contributed by atoms with E-state index in [1.165, 1.54) is 0 Å². The second kappa shape index (κ2) is 7.17. The Kier molecular flexibility index (Phi) is 6.20. The smallest absolute Gasteiger partial charge is 0.150 e. The van der Waals surface area contributed by atoms with Gasteiger partial charge in [0, 0.05) is 5.56 Å². The van der Waals surface area contributed by atoms with Crippen molar-refractivity contribution in [1.82, 2.24) is 0 Å². The van der Waals surface area contributed by atoms with Crippen molar-refractivity contribution in [1.29, 1.82) is 0 Å². The molecule has 0 fully saturated rings. The van der Waals surface area contributed by atoms with Crippen LogP contribution in [0, 0.1) is 5.92 Å². The third kappa shape index (κ3) is 4.43. The number of aldehydes is 1. The first-order valence-corrected chi connectivity index (χ1v) is 7.24. The van der Waals surface area contributed by atoms with E-state index in [0.717, 1.165) is 33.8 Å². The van der Waals surface area contributed by atoms with Crippen LogP contribution in [0.2, 0.25) is 0 Å². The Morgan fingerprint density at radius 1 is 1.35 bits per heavy atom. The van der Waals surface area contributed by atoms with Crippen molar-refractivity contribution in [2.24, 2.45) is 5.92 Å². The number of halogens is 2. The van der Waals surface area contributed by atoms with Gasteiger partial charge in [0.15, 0.2) is 0 Å². The fourth-order valence-corrected chi connectivity index (χ4v) is 3.04. The lowest BCUT2D eigenvalue weighted by Crippen LogP contribution is -2.09. The van der Waals surface area contributed by atoms with Crippen LogP contribution in [-0.4, -0.2) is 12.9 Å². The Bertz CT molecular complexity index is 368. The Labute approximate surface area is 119 Å². The molecule has 4 heteroatoms. The van der Waals surface area contributed by atoms with E-state index in [1.807, 2.05) is 0 Å². The highest BCUT2D eigenvalue weighted by atomic mass is 79.9. The normalized spacial score (nSPS) is 12.2. The number of rotatable bonds is 6. The maximum atomic E-state index is 10.7. The Hall–Kier alpha value is -0.350. The summed E-state index contributed by atoms with van der Waals surface area (Å²) >= 11 is 6.83. The highest BCUT2D eigenvalue weighted by molar-refractivity contribution is 9.11. The molecular weight excluding hydrogens is 348 g/mol. The topological polar surface area (TPSA) is 26.3 Å². The van der Waals surface area contributed by atoms with Crippen molar-refractivity contribution >= 4 is 38.1 Å². The van der Waals surface area contributed by atoms with Crippen LogP contribution in [0.25, 0.3) is 0 Å². The second-order valence-electron chi connectivity index (χ2n) is 4.14. The number of benzene rings is 1. The van der Waals surface area contributed by atoms with Gasteiger partial charge in [0.1, 0.15) is 12.0 Å². The average Bonchev–Trinajstić information content (AvgIpc) is 2.28. The predicted molar refractivity (Wildman–Crippen MR) is 76.8 cm³/mol. The number of hydrogen-bond acceptors (Lipinski definition) is 2. The van der Waals surface area contributed by atoms with Gasteiger partial charge in [-0.1, -0.05) is 20.3 Å². The molecule has 0 aromatic heterocycles.